The van der Waals surface area contributed by atoms with Crippen molar-refractivity contribution in [1.82, 2.24) is 21.3 Å². The zero-order valence-electron chi connectivity index (χ0n) is 23.6. The zero-order valence-corrected chi connectivity index (χ0v) is 23.6. The van der Waals surface area contributed by atoms with Crippen LogP contribution >= 0.6 is 0 Å². The molecule has 0 aromatic carbocycles. The van der Waals surface area contributed by atoms with Crippen molar-refractivity contribution in [3.05, 3.63) is 0 Å². The number of carboxylic acids is 2. The van der Waals surface area contributed by atoms with Crippen LogP contribution in [0.4, 0.5) is 4.79 Å². The van der Waals surface area contributed by atoms with Gasteiger partial charge in [0.2, 0.25) is 17.7 Å². The zero-order chi connectivity index (χ0) is 31.0. The fourth-order valence-electron chi connectivity index (χ4n) is 3.23. The maximum absolute atomic E-state index is 13.1. The third-order valence-corrected chi connectivity index (χ3v) is 5.45. The SMILES string of the molecule is CCC(C)C(NC(=O)OC(C)(C)C)C(=O)NC(CCC(=O)O)C(=O)NCC(=O)NC(CCCN=C(N)N)C(=O)O. The Morgan fingerprint density at radius 2 is 1.55 bits per heavy atom. The number of guanidine groups is 1. The lowest BCUT2D eigenvalue weighted by molar-refractivity contribution is -0.142. The predicted molar refractivity (Wildman–Crippen MR) is 144 cm³/mol. The Morgan fingerprint density at radius 1 is 0.925 bits per heavy atom. The van der Waals surface area contributed by atoms with Gasteiger partial charge in [0.25, 0.3) is 0 Å². The number of ether oxygens (including phenoxy) is 1. The number of nitrogens with one attached hydrogen (secondary N) is 4. The standard InChI is InChI=1S/C24H43N7O9/c1-6-13(2)18(31-23(39)40-24(3,4)5)20(36)30-14(9-10-17(33)34)19(35)28-12-16(32)29-15(21(37)38)8-7-11-27-22(25)26/h13-15,18H,6-12H2,1-5H3,(H,28,35)(H,29,32)(H,30,36)(H,31,39)(H,33,34)(H,37,38)(H4,25,26,27). The maximum Gasteiger partial charge on any atom is 0.408 e. The van der Waals surface area contributed by atoms with Gasteiger partial charge >= 0.3 is 18.0 Å². The summed E-state index contributed by atoms with van der Waals surface area (Å²) in [6.45, 7) is 7.97. The molecule has 0 heterocycles. The molecule has 4 amide bonds. The number of carbonyl (C=O) groups excluding carboxylic acids is 4. The Morgan fingerprint density at radius 3 is 2.05 bits per heavy atom. The van der Waals surface area contributed by atoms with Gasteiger partial charge in [-0.3, -0.25) is 24.2 Å². The normalized spacial score (nSPS) is 13.9. The van der Waals surface area contributed by atoms with E-state index >= 15 is 0 Å². The number of amides is 4. The molecule has 0 aromatic heterocycles. The van der Waals surface area contributed by atoms with Gasteiger partial charge in [-0.2, -0.15) is 0 Å². The lowest BCUT2D eigenvalue weighted by atomic mass is 9.97. The van der Waals surface area contributed by atoms with Crippen LogP contribution in [-0.2, 0) is 28.7 Å². The fraction of sp³-hybridized carbons (Fsp3) is 0.708. The molecule has 0 aromatic rings. The van der Waals surface area contributed by atoms with Gasteiger partial charge in [0.15, 0.2) is 5.96 Å². The second kappa shape index (κ2) is 17.5. The molecule has 0 saturated heterocycles. The highest BCUT2D eigenvalue weighted by Gasteiger charge is 2.32. The number of carbonyl (C=O) groups is 6. The minimum atomic E-state index is -1.36. The summed E-state index contributed by atoms with van der Waals surface area (Å²) < 4.78 is 5.21. The van der Waals surface area contributed by atoms with E-state index in [0.717, 1.165) is 0 Å². The van der Waals surface area contributed by atoms with Gasteiger partial charge in [0, 0.05) is 13.0 Å². The summed E-state index contributed by atoms with van der Waals surface area (Å²) in [5, 5.41) is 27.9. The van der Waals surface area contributed by atoms with Crippen molar-refractivity contribution in [3.63, 3.8) is 0 Å². The minimum absolute atomic E-state index is 0.0186. The third kappa shape index (κ3) is 16.0. The first-order valence-corrected chi connectivity index (χ1v) is 12.8. The summed E-state index contributed by atoms with van der Waals surface area (Å²) in [6.07, 6.45) is -0.866. The van der Waals surface area contributed by atoms with E-state index < -0.39 is 72.4 Å². The number of nitrogens with zero attached hydrogens (tertiary/aromatic N) is 1. The molecular formula is C24H43N7O9. The smallest absolute Gasteiger partial charge is 0.408 e. The van der Waals surface area contributed by atoms with Gasteiger partial charge in [0.1, 0.15) is 23.7 Å². The van der Waals surface area contributed by atoms with Crippen molar-refractivity contribution >= 4 is 41.7 Å². The van der Waals surface area contributed by atoms with Crippen LogP contribution in [0.5, 0.6) is 0 Å². The van der Waals surface area contributed by atoms with Gasteiger partial charge in [-0.1, -0.05) is 20.3 Å². The summed E-state index contributed by atoms with van der Waals surface area (Å²) in [5.41, 5.74) is 9.60. The van der Waals surface area contributed by atoms with E-state index in [1.54, 1.807) is 34.6 Å². The van der Waals surface area contributed by atoms with Crippen molar-refractivity contribution in [2.75, 3.05) is 13.1 Å². The first kappa shape index (κ1) is 35.9. The van der Waals surface area contributed by atoms with E-state index in [1.165, 1.54) is 0 Å². The Balaban J connectivity index is 5.35. The molecule has 0 aliphatic carbocycles. The van der Waals surface area contributed by atoms with E-state index in [0.29, 0.717) is 6.42 Å². The van der Waals surface area contributed by atoms with E-state index in [-0.39, 0.29) is 37.7 Å². The molecule has 228 valence electrons. The third-order valence-electron chi connectivity index (χ3n) is 5.45. The Labute approximate surface area is 233 Å². The van der Waals surface area contributed by atoms with Gasteiger partial charge in [-0.15, -0.1) is 0 Å². The van der Waals surface area contributed by atoms with Gasteiger partial charge in [-0.05, 0) is 46.0 Å². The van der Waals surface area contributed by atoms with Gasteiger partial charge in [0.05, 0.1) is 6.54 Å². The van der Waals surface area contributed by atoms with Crippen LogP contribution < -0.4 is 32.7 Å². The molecule has 0 fully saturated rings. The molecule has 4 unspecified atom stereocenters. The Hall–Kier alpha value is -4.11. The Kier molecular flexibility index (Phi) is 15.7. The number of nitrogens with two attached hydrogens (primary N) is 2. The van der Waals surface area contributed by atoms with E-state index in [2.05, 4.69) is 26.3 Å². The summed E-state index contributed by atoms with van der Waals surface area (Å²) in [4.78, 5) is 76.7. The largest absolute Gasteiger partial charge is 0.481 e. The molecule has 4 atom stereocenters. The van der Waals surface area contributed by atoms with Crippen molar-refractivity contribution in [1.29, 1.82) is 0 Å². The molecule has 0 spiro atoms. The molecule has 0 rings (SSSR count). The number of rotatable bonds is 17. The fourth-order valence-corrected chi connectivity index (χ4v) is 3.23. The van der Waals surface area contributed by atoms with Gasteiger partial charge < -0.3 is 47.7 Å². The molecule has 10 N–H and O–H groups in total. The lowest BCUT2D eigenvalue weighted by Gasteiger charge is -2.28. The van der Waals surface area contributed by atoms with E-state index in [9.17, 15) is 33.9 Å². The monoisotopic (exact) mass is 573 g/mol. The highest BCUT2D eigenvalue weighted by molar-refractivity contribution is 5.93. The lowest BCUT2D eigenvalue weighted by Crippen LogP contribution is -2.57. The summed E-state index contributed by atoms with van der Waals surface area (Å²) >= 11 is 0. The first-order valence-electron chi connectivity index (χ1n) is 12.8. The van der Waals surface area contributed by atoms with Crippen molar-refractivity contribution in [3.8, 4) is 0 Å². The number of carboxylic acid groups (broad SMARTS) is 2. The molecule has 0 aliphatic rings. The second-order valence-corrected chi connectivity index (χ2v) is 10.1. The second-order valence-electron chi connectivity index (χ2n) is 10.1. The average Bonchev–Trinajstić information content (AvgIpc) is 2.83. The van der Waals surface area contributed by atoms with Crippen LogP contribution in [0.2, 0.25) is 0 Å². The maximum atomic E-state index is 13.1. The topological polar surface area (TPSA) is 265 Å². The molecule has 0 radical (unpaired) electrons. The molecule has 0 bridgehead atoms. The van der Waals surface area contributed by atoms with Gasteiger partial charge in [-0.25, -0.2) is 9.59 Å². The van der Waals surface area contributed by atoms with Crippen LogP contribution in [0.15, 0.2) is 4.99 Å². The molecule has 40 heavy (non-hydrogen) atoms. The first-order chi connectivity index (χ1) is 18.5. The molecular weight excluding hydrogens is 530 g/mol. The Bertz CT molecular complexity index is 930. The quantitative estimate of drug-likeness (QED) is 0.0595. The van der Waals surface area contributed by atoms with Crippen LogP contribution in [-0.4, -0.2) is 88.7 Å². The molecule has 0 aliphatic heterocycles. The highest BCUT2D eigenvalue weighted by atomic mass is 16.6. The minimum Gasteiger partial charge on any atom is -0.481 e. The number of hydrogen-bond donors (Lipinski definition) is 8. The number of aliphatic imine (C=N–C) groups is 1. The molecule has 16 heteroatoms. The number of aliphatic carboxylic acids is 2. The predicted octanol–water partition coefficient (Wildman–Crippen LogP) is -0.985. The van der Waals surface area contributed by atoms with E-state index in [4.69, 9.17) is 21.3 Å². The molecule has 0 saturated carbocycles. The van der Waals surface area contributed by atoms with E-state index in [1.807, 2.05) is 0 Å². The van der Waals surface area contributed by atoms with Crippen LogP contribution in [0.1, 0.15) is 66.7 Å². The van der Waals surface area contributed by atoms with Crippen molar-refractivity contribution in [2.24, 2.45) is 22.4 Å². The van der Waals surface area contributed by atoms with Crippen molar-refractivity contribution in [2.45, 2.75) is 90.4 Å². The van der Waals surface area contributed by atoms with Crippen LogP contribution in [0.25, 0.3) is 0 Å². The summed E-state index contributed by atoms with van der Waals surface area (Å²) in [6, 6.07) is -3.73. The van der Waals surface area contributed by atoms with Crippen molar-refractivity contribution < 1.29 is 43.7 Å². The van der Waals surface area contributed by atoms with Crippen LogP contribution in [0, 0.1) is 5.92 Å². The highest BCUT2D eigenvalue weighted by Crippen LogP contribution is 2.12. The van der Waals surface area contributed by atoms with Crippen LogP contribution in [0.3, 0.4) is 0 Å². The summed E-state index contributed by atoms with van der Waals surface area (Å²) in [5.74, 6) is -5.49. The molecule has 16 nitrogen and oxygen atoms in total. The average molecular weight is 574 g/mol. The summed E-state index contributed by atoms with van der Waals surface area (Å²) in [7, 11) is 0. The number of hydrogen-bond acceptors (Lipinski definition) is 8. The number of alkyl carbamates (subject to hydrolysis) is 1.